The van der Waals surface area contributed by atoms with E-state index in [0.29, 0.717) is 22.1 Å². The summed E-state index contributed by atoms with van der Waals surface area (Å²) in [5.41, 5.74) is 3.80. The molecule has 6 aromatic rings. The Kier molecular flexibility index (Phi) is 7.58. The molecule has 2 aromatic heterocycles. The molecule has 248 valence electrons. The minimum absolute atomic E-state index is 0.197. The normalized spacial score (nSPS) is 19.0. The molecule has 0 saturated carbocycles. The van der Waals surface area contributed by atoms with Crippen molar-refractivity contribution in [1.82, 2.24) is 0 Å². The monoisotopic (exact) mass is 762 g/mol. The summed E-state index contributed by atoms with van der Waals surface area (Å²) in [4.78, 5) is 24.5. The molecule has 0 bridgehead atoms. The van der Waals surface area contributed by atoms with Gasteiger partial charge in [-0.1, -0.05) is 0 Å². The number of benzene rings is 4. The summed E-state index contributed by atoms with van der Waals surface area (Å²) in [6, 6.07) is 27.3. The van der Waals surface area contributed by atoms with Crippen LogP contribution in [-0.4, -0.2) is 0 Å². The molecule has 0 amide bonds. The van der Waals surface area contributed by atoms with Crippen LogP contribution in [-0.2, 0) is 0 Å². The van der Waals surface area contributed by atoms with Crippen LogP contribution in [0.15, 0.2) is 115 Å². The molecule has 1 fully saturated rings. The molecule has 0 atom stereocenters. The molecule has 14 heteroatoms. The Morgan fingerprint density at radius 2 is 0.875 bits per heavy atom. The zero-order chi connectivity index (χ0) is 34.3. The Labute approximate surface area is 294 Å². The quantitative estimate of drug-likeness (QED) is 0.122. The third kappa shape index (κ3) is 5.22. The second-order valence-corrected chi connectivity index (χ2v) is 25.7. The van der Waals surface area contributed by atoms with E-state index < -0.39 is 22.9 Å². The zero-order valence-corrected chi connectivity index (χ0v) is 30.8. The maximum atomic E-state index is 12.2. The number of anilines is 2. The van der Waals surface area contributed by atoms with Gasteiger partial charge in [0.1, 0.15) is 0 Å². The molecule has 0 unspecified atom stereocenters. The molecule has 0 N–H and O–H groups in total. The molecule has 1 aliphatic rings. The van der Waals surface area contributed by atoms with Gasteiger partial charge < -0.3 is 0 Å². The van der Waals surface area contributed by atoms with E-state index in [1.807, 2.05) is 52.0 Å². The fraction of sp³-hybridized carbons (Fsp3) is 0.118. The summed E-state index contributed by atoms with van der Waals surface area (Å²) in [6.07, 6.45) is 0. The number of aryl methyl sites for hydroxylation is 4. The van der Waals surface area contributed by atoms with Crippen LogP contribution in [0.5, 0.6) is 11.5 Å². The number of hydrogen-bond acceptors (Lipinski definition) is 8. The van der Waals surface area contributed by atoms with E-state index in [4.69, 9.17) is 62.8 Å². The van der Waals surface area contributed by atoms with Gasteiger partial charge in [0.25, 0.3) is 0 Å². The van der Waals surface area contributed by atoms with Crippen molar-refractivity contribution in [3.8, 4) is 11.5 Å². The van der Waals surface area contributed by atoms with E-state index >= 15 is 0 Å². The van der Waals surface area contributed by atoms with Crippen LogP contribution < -0.4 is 29.2 Å². The summed E-state index contributed by atoms with van der Waals surface area (Å²) in [6.45, 7) is 7.49. The fourth-order valence-electron chi connectivity index (χ4n) is 5.92. The summed E-state index contributed by atoms with van der Waals surface area (Å²) < 4.78 is 27.2. The van der Waals surface area contributed by atoms with Gasteiger partial charge in [0.05, 0.1) is 0 Å². The number of rotatable bonds is 6. The van der Waals surface area contributed by atoms with Crippen LogP contribution >= 0.6 is 56.6 Å². The first-order valence-electron chi connectivity index (χ1n) is 14.7. The number of hydrogen-bond donors (Lipinski definition) is 0. The van der Waals surface area contributed by atoms with Gasteiger partial charge in [0, 0.05) is 0 Å². The minimum atomic E-state index is -5.00. The van der Waals surface area contributed by atoms with Crippen molar-refractivity contribution in [3.63, 3.8) is 0 Å². The van der Waals surface area contributed by atoms with Gasteiger partial charge >= 0.3 is 296 Å². The molecule has 7 rings (SSSR count). The predicted molar refractivity (Wildman–Crippen MR) is 200 cm³/mol. The Morgan fingerprint density at radius 3 is 1.23 bits per heavy atom. The van der Waals surface area contributed by atoms with Crippen molar-refractivity contribution in [1.29, 1.82) is 0 Å². The van der Waals surface area contributed by atoms with E-state index in [0.717, 1.165) is 22.3 Å². The predicted octanol–water partition coefficient (Wildman–Crippen LogP) is 11.8. The van der Waals surface area contributed by atoms with Crippen LogP contribution in [0.2, 0.25) is 0 Å². The van der Waals surface area contributed by atoms with Gasteiger partial charge in [-0.25, -0.2) is 0 Å². The molecular weight excluding hydrogens is 736 g/mol. The van der Waals surface area contributed by atoms with Crippen molar-refractivity contribution in [2.45, 2.75) is 27.7 Å². The third-order valence-corrected chi connectivity index (χ3v) is 23.5. The van der Waals surface area contributed by atoms with Crippen LogP contribution in [0, 0.1) is 27.7 Å². The van der Waals surface area contributed by atoms with Crippen molar-refractivity contribution >= 4 is 90.0 Å². The summed E-state index contributed by atoms with van der Waals surface area (Å²) in [5.74, 6) is -9.60. The summed E-state index contributed by atoms with van der Waals surface area (Å²) in [5, 5.41) is 1.43. The van der Waals surface area contributed by atoms with Gasteiger partial charge in [-0.15, -0.1) is 0 Å². The first kappa shape index (κ1) is 33.0. The third-order valence-electron chi connectivity index (χ3n) is 8.11. The SMILES string of the molecule is Cc1ccc(N2P(Cl)(Cl)(Oc3ccc4c(C)cc(=O)oc4c3)N(c3ccc(C)cc3)P2(Cl)(Cl)Oc2ccc3c(C)cc(=O)oc3c2)cc1. The van der Waals surface area contributed by atoms with Crippen molar-refractivity contribution in [3.05, 3.63) is 140 Å². The van der Waals surface area contributed by atoms with Gasteiger partial charge in [-0.2, -0.15) is 0 Å². The maximum absolute atomic E-state index is 12.2. The van der Waals surface area contributed by atoms with Gasteiger partial charge in [-0.3, -0.25) is 0 Å². The van der Waals surface area contributed by atoms with Crippen molar-refractivity contribution in [2.24, 2.45) is 0 Å². The summed E-state index contributed by atoms with van der Waals surface area (Å²) in [7, 11) is 0. The van der Waals surface area contributed by atoms with E-state index in [1.54, 1.807) is 60.7 Å². The zero-order valence-electron chi connectivity index (χ0n) is 26.0. The first-order valence-corrected chi connectivity index (χ1v) is 22.4. The number of nitrogens with zero attached hydrogens (tertiary/aromatic N) is 2. The molecule has 0 aliphatic carbocycles. The second-order valence-electron chi connectivity index (χ2n) is 11.8. The Morgan fingerprint density at radius 1 is 0.521 bits per heavy atom. The molecule has 0 spiro atoms. The van der Waals surface area contributed by atoms with E-state index in [-0.39, 0.29) is 22.7 Å². The van der Waals surface area contributed by atoms with Crippen LogP contribution in [0.1, 0.15) is 22.3 Å². The topological polar surface area (TPSA) is 85.4 Å². The van der Waals surface area contributed by atoms with Crippen LogP contribution in [0.4, 0.5) is 11.4 Å². The Hall–Kier alpha value is -3.48. The molecule has 1 aliphatic heterocycles. The fourth-order valence-corrected chi connectivity index (χ4v) is 28.7. The Bertz CT molecular complexity index is 2210. The van der Waals surface area contributed by atoms with Crippen molar-refractivity contribution in [2.75, 3.05) is 8.88 Å². The average Bonchev–Trinajstić information content (AvgIpc) is 2.98. The standard InChI is InChI=1S/C34H28Cl4N2O6P2/c1-21-5-9-25(10-6-21)39-47(35,36,45-27-13-15-29-23(3)17-33(41)43-31(29)19-27)40(26-11-7-22(2)8-12-26)48(39,37,38)46-28-14-16-30-24(4)18-34(42)44-32(30)20-28/h5-20H,1-4H3. The molecule has 4 aromatic carbocycles. The number of fused-ring (bicyclic) bond motifs is 2. The molecule has 1 saturated heterocycles. The molecular formula is C34H28Cl4N2O6P2. The molecule has 8 nitrogen and oxygen atoms in total. The van der Waals surface area contributed by atoms with Gasteiger partial charge in [0.2, 0.25) is 0 Å². The molecule has 3 heterocycles. The molecule has 0 radical (unpaired) electrons. The van der Waals surface area contributed by atoms with E-state index in [2.05, 4.69) is 0 Å². The van der Waals surface area contributed by atoms with Gasteiger partial charge in [0.15, 0.2) is 0 Å². The van der Waals surface area contributed by atoms with Crippen LogP contribution in [0.25, 0.3) is 21.9 Å². The average molecular weight is 764 g/mol. The summed E-state index contributed by atoms with van der Waals surface area (Å²) >= 11 is 30.9. The second kappa shape index (κ2) is 11.0. The van der Waals surface area contributed by atoms with Crippen molar-refractivity contribution < 1.29 is 17.9 Å². The van der Waals surface area contributed by atoms with E-state index in [9.17, 15) is 9.59 Å². The first-order chi connectivity index (χ1) is 22.5. The molecule has 48 heavy (non-hydrogen) atoms. The Balaban J connectivity index is 1.46. The van der Waals surface area contributed by atoms with Crippen LogP contribution in [0.3, 0.4) is 0 Å². The van der Waals surface area contributed by atoms with Gasteiger partial charge in [-0.05, 0) is 0 Å². The number of halogens is 4. The van der Waals surface area contributed by atoms with E-state index in [1.165, 1.54) is 21.0 Å².